The second kappa shape index (κ2) is 9.17. The Balaban J connectivity index is 1.35. The molecule has 8 heteroatoms. The van der Waals surface area contributed by atoms with E-state index in [0.29, 0.717) is 29.1 Å². The number of amides is 2. The molecule has 4 aromatic rings. The fraction of sp³-hybridized carbons (Fsp3) is 0.111. The Morgan fingerprint density at radius 3 is 2.37 bits per heavy atom. The maximum Gasteiger partial charge on any atom is 0.265 e. The van der Waals surface area contributed by atoms with E-state index in [4.69, 9.17) is 11.6 Å². The van der Waals surface area contributed by atoms with Crippen molar-refractivity contribution < 1.29 is 18.0 Å². The molecule has 1 heterocycles. The van der Waals surface area contributed by atoms with Crippen LogP contribution in [0.4, 0.5) is 0 Å². The highest BCUT2D eigenvalue weighted by atomic mass is 35.5. The molecule has 0 saturated carbocycles. The average Bonchev–Trinajstić information content (AvgIpc) is 2.87. The molecule has 5 rings (SSSR count). The lowest BCUT2D eigenvalue weighted by Gasteiger charge is -2.29. The number of carbonyl (C=O) groups is 2. The van der Waals surface area contributed by atoms with Crippen molar-refractivity contribution in [3.8, 4) is 0 Å². The molecule has 176 valence electrons. The summed E-state index contributed by atoms with van der Waals surface area (Å²) in [5.74, 6) is -1.02. The lowest BCUT2D eigenvalue weighted by Crippen LogP contribution is -2.36. The van der Waals surface area contributed by atoms with Crippen LogP contribution in [0.2, 0.25) is 5.02 Å². The van der Waals surface area contributed by atoms with Crippen molar-refractivity contribution in [3.63, 3.8) is 0 Å². The van der Waals surface area contributed by atoms with Crippen LogP contribution < -0.4 is 4.72 Å². The first-order valence-corrected chi connectivity index (χ1v) is 12.9. The highest BCUT2D eigenvalue weighted by molar-refractivity contribution is 7.90. The molecular weight excluding hydrogens is 484 g/mol. The zero-order valence-electron chi connectivity index (χ0n) is 18.6. The highest BCUT2D eigenvalue weighted by Crippen LogP contribution is 2.23. The van der Waals surface area contributed by atoms with E-state index in [9.17, 15) is 18.0 Å². The van der Waals surface area contributed by atoms with Gasteiger partial charge in [-0.15, -0.1) is 0 Å². The van der Waals surface area contributed by atoms with E-state index >= 15 is 0 Å². The number of hydrogen-bond acceptors (Lipinski definition) is 4. The summed E-state index contributed by atoms with van der Waals surface area (Å²) in [5, 5.41) is 1.95. The van der Waals surface area contributed by atoms with Crippen LogP contribution in [0.25, 0.3) is 10.8 Å². The van der Waals surface area contributed by atoms with Gasteiger partial charge in [0.1, 0.15) is 0 Å². The maximum atomic E-state index is 13.1. The van der Waals surface area contributed by atoms with Crippen molar-refractivity contribution in [2.75, 3.05) is 6.54 Å². The number of nitrogens with zero attached hydrogens (tertiary/aromatic N) is 1. The molecule has 0 radical (unpaired) electrons. The van der Waals surface area contributed by atoms with E-state index in [1.807, 2.05) is 18.2 Å². The monoisotopic (exact) mass is 504 g/mol. The predicted octanol–water partition coefficient (Wildman–Crippen LogP) is 4.81. The first kappa shape index (κ1) is 23.1. The SMILES string of the molecule is O=C(NS(=O)(=O)c1ccc2ccc(Cl)cc2c1)c1cccc(C(=O)N2CCc3ccccc3C2)c1. The summed E-state index contributed by atoms with van der Waals surface area (Å²) in [7, 11) is -4.14. The summed E-state index contributed by atoms with van der Waals surface area (Å²) in [6, 6.07) is 23.8. The molecule has 0 spiro atoms. The van der Waals surface area contributed by atoms with Crippen molar-refractivity contribution in [2.45, 2.75) is 17.9 Å². The smallest absolute Gasteiger partial charge is 0.265 e. The summed E-state index contributed by atoms with van der Waals surface area (Å²) < 4.78 is 27.9. The zero-order valence-corrected chi connectivity index (χ0v) is 20.1. The van der Waals surface area contributed by atoms with Crippen molar-refractivity contribution >= 4 is 44.2 Å². The standard InChI is InChI=1S/C27H21ClN2O4S/c28-24-10-8-19-9-11-25(16-23(19)15-24)35(33,34)29-26(31)20-6-3-7-21(14-20)27(32)30-13-12-18-4-1-2-5-22(18)17-30/h1-11,14-16H,12-13,17H2,(H,29,31). The van der Waals surface area contributed by atoms with Gasteiger partial charge >= 0.3 is 0 Å². The summed E-state index contributed by atoms with van der Waals surface area (Å²) in [6.45, 7) is 1.07. The Bertz CT molecular complexity index is 1580. The fourth-order valence-electron chi connectivity index (χ4n) is 4.25. The third kappa shape index (κ3) is 4.78. The summed E-state index contributed by atoms with van der Waals surface area (Å²) in [4.78, 5) is 27.6. The topological polar surface area (TPSA) is 83.5 Å². The molecule has 0 bridgehead atoms. The molecule has 0 aromatic heterocycles. The van der Waals surface area contributed by atoms with Gasteiger partial charge in [0.15, 0.2) is 0 Å². The minimum atomic E-state index is -4.14. The Kier molecular flexibility index (Phi) is 6.05. The Hall–Kier alpha value is -3.68. The van der Waals surface area contributed by atoms with Gasteiger partial charge in [0.25, 0.3) is 21.8 Å². The minimum Gasteiger partial charge on any atom is -0.334 e. The number of benzene rings is 4. The highest BCUT2D eigenvalue weighted by Gasteiger charge is 2.23. The molecule has 35 heavy (non-hydrogen) atoms. The molecule has 0 saturated heterocycles. The van der Waals surface area contributed by atoms with Crippen LogP contribution in [0.3, 0.4) is 0 Å². The van der Waals surface area contributed by atoms with Crippen LogP contribution in [-0.2, 0) is 23.0 Å². The van der Waals surface area contributed by atoms with Crippen LogP contribution in [0, 0.1) is 0 Å². The molecular formula is C27H21ClN2O4S. The van der Waals surface area contributed by atoms with Crippen molar-refractivity contribution in [1.29, 1.82) is 0 Å². The van der Waals surface area contributed by atoms with Gasteiger partial charge in [-0.1, -0.05) is 54.1 Å². The third-order valence-electron chi connectivity index (χ3n) is 6.10. The molecule has 1 aliphatic rings. The average molecular weight is 505 g/mol. The zero-order chi connectivity index (χ0) is 24.6. The fourth-order valence-corrected chi connectivity index (χ4v) is 5.44. The summed E-state index contributed by atoms with van der Waals surface area (Å²) >= 11 is 6.02. The van der Waals surface area contributed by atoms with Gasteiger partial charge in [0.2, 0.25) is 0 Å². The van der Waals surface area contributed by atoms with Crippen molar-refractivity contribution in [3.05, 3.63) is 112 Å². The first-order chi connectivity index (χ1) is 16.8. The Morgan fingerprint density at radius 1 is 0.800 bits per heavy atom. The molecule has 0 atom stereocenters. The van der Waals surface area contributed by atoms with Crippen LogP contribution in [-0.4, -0.2) is 31.7 Å². The van der Waals surface area contributed by atoms with Crippen molar-refractivity contribution in [1.82, 2.24) is 9.62 Å². The van der Waals surface area contributed by atoms with Gasteiger partial charge in [-0.2, -0.15) is 0 Å². The number of hydrogen-bond donors (Lipinski definition) is 1. The number of rotatable bonds is 4. The number of fused-ring (bicyclic) bond motifs is 2. The van der Waals surface area contributed by atoms with Crippen LogP contribution in [0.5, 0.6) is 0 Å². The first-order valence-electron chi connectivity index (χ1n) is 11.0. The normalized spacial score (nSPS) is 13.3. The predicted molar refractivity (Wildman–Crippen MR) is 135 cm³/mol. The lowest BCUT2D eigenvalue weighted by molar-refractivity contribution is 0.0734. The molecule has 1 N–H and O–H groups in total. The van der Waals surface area contributed by atoms with Gasteiger partial charge in [0.05, 0.1) is 4.90 Å². The van der Waals surface area contributed by atoms with Gasteiger partial charge in [0, 0.05) is 29.2 Å². The molecule has 4 aromatic carbocycles. The number of carbonyl (C=O) groups excluding carboxylic acids is 2. The molecule has 2 amide bonds. The second-order valence-electron chi connectivity index (χ2n) is 8.41. The van der Waals surface area contributed by atoms with E-state index in [0.717, 1.165) is 17.4 Å². The third-order valence-corrected chi connectivity index (χ3v) is 7.66. The van der Waals surface area contributed by atoms with Gasteiger partial charge in [-0.3, -0.25) is 9.59 Å². The van der Waals surface area contributed by atoms with Gasteiger partial charge in [-0.25, -0.2) is 13.1 Å². The minimum absolute atomic E-state index is 0.0557. The quantitative estimate of drug-likeness (QED) is 0.432. The Morgan fingerprint density at radius 2 is 1.54 bits per heavy atom. The van der Waals surface area contributed by atoms with E-state index in [-0.39, 0.29) is 16.4 Å². The number of nitrogens with one attached hydrogen (secondary N) is 1. The number of sulfonamides is 1. The van der Waals surface area contributed by atoms with Gasteiger partial charge in [-0.05, 0) is 70.8 Å². The van der Waals surface area contributed by atoms with E-state index in [1.165, 1.54) is 29.8 Å². The largest absolute Gasteiger partial charge is 0.334 e. The lowest BCUT2D eigenvalue weighted by atomic mass is 9.99. The molecule has 0 fully saturated rings. The number of halogens is 1. The van der Waals surface area contributed by atoms with Crippen LogP contribution in [0.1, 0.15) is 31.8 Å². The Labute approximate surface area is 208 Å². The van der Waals surface area contributed by atoms with E-state index in [2.05, 4.69) is 10.8 Å². The van der Waals surface area contributed by atoms with Crippen molar-refractivity contribution in [2.24, 2.45) is 0 Å². The van der Waals surface area contributed by atoms with Crippen LogP contribution in [0.15, 0.2) is 89.8 Å². The summed E-state index contributed by atoms with van der Waals surface area (Å²) in [5.41, 5.74) is 2.74. The van der Waals surface area contributed by atoms with Crippen LogP contribution >= 0.6 is 11.6 Å². The maximum absolute atomic E-state index is 13.1. The molecule has 6 nitrogen and oxygen atoms in total. The molecule has 0 unspecified atom stereocenters. The van der Waals surface area contributed by atoms with E-state index in [1.54, 1.807) is 41.3 Å². The molecule has 0 aliphatic carbocycles. The molecule has 1 aliphatic heterocycles. The van der Waals surface area contributed by atoms with Gasteiger partial charge < -0.3 is 4.90 Å². The van der Waals surface area contributed by atoms with E-state index < -0.39 is 15.9 Å². The summed E-state index contributed by atoms with van der Waals surface area (Å²) in [6.07, 6.45) is 0.761. The second-order valence-corrected chi connectivity index (χ2v) is 10.5.